The third-order valence-corrected chi connectivity index (χ3v) is 5.68. The van der Waals surface area contributed by atoms with Crippen molar-refractivity contribution in [3.63, 3.8) is 0 Å². The Hall–Kier alpha value is -2.93. The van der Waals surface area contributed by atoms with Gasteiger partial charge in [-0.15, -0.1) is 0 Å². The second-order valence-electron chi connectivity index (χ2n) is 8.05. The molecule has 1 aliphatic heterocycles. The summed E-state index contributed by atoms with van der Waals surface area (Å²) in [6.07, 6.45) is 6.07. The van der Waals surface area contributed by atoms with Crippen molar-refractivity contribution in [1.82, 2.24) is 20.4 Å². The number of hydrogen-bond acceptors (Lipinski definition) is 3. The van der Waals surface area contributed by atoms with Gasteiger partial charge in [0.15, 0.2) is 0 Å². The normalized spacial score (nSPS) is 17.2. The van der Waals surface area contributed by atoms with Gasteiger partial charge in [0.25, 0.3) is 0 Å². The molecule has 1 aromatic heterocycles. The van der Waals surface area contributed by atoms with Crippen LogP contribution in [0.5, 0.6) is 0 Å². The molecule has 0 bridgehead atoms. The number of piperidine rings is 1. The molecule has 2 amide bonds. The molecule has 2 heterocycles. The summed E-state index contributed by atoms with van der Waals surface area (Å²) in [4.78, 5) is 14.6. The first kappa shape index (κ1) is 20.3. The molecule has 0 saturated carbocycles. The average molecular weight is 410 g/mol. The minimum absolute atomic E-state index is 0.178. The largest absolute Gasteiger partial charge is 0.338 e. The van der Waals surface area contributed by atoms with Gasteiger partial charge < -0.3 is 15.5 Å². The quantitative estimate of drug-likeness (QED) is 0.513. The maximum atomic E-state index is 13.1. The van der Waals surface area contributed by atoms with Crippen LogP contribution in [0.4, 0.5) is 14.9 Å². The molecule has 2 aromatic carbocycles. The topological polar surface area (TPSA) is 73.1 Å². The number of benzene rings is 2. The van der Waals surface area contributed by atoms with Crippen LogP contribution in [0.25, 0.3) is 10.9 Å². The van der Waals surface area contributed by atoms with Crippen LogP contribution in [-0.4, -0.2) is 47.3 Å². The SMILES string of the molecule is O=C(NCCCN1CCC[C@@H](Cc2ccc(F)cc2)C1)Nc1ccc2cn[nH]c2c1. The van der Waals surface area contributed by atoms with Crippen LogP contribution in [0.3, 0.4) is 0 Å². The molecule has 1 fully saturated rings. The van der Waals surface area contributed by atoms with Crippen molar-refractivity contribution in [2.24, 2.45) is 5.92 Å². The van der Waals surface area contributed by atoms with E-state index >= 15 is 0 Å². The van der Waals surface area contributed by atoms with Crippen LogP contribution in [0.1, 0.15) is 24.8 Å². The number of nitrogens with one attached hydrogen (secondary N) is 3. The molecule has 0 radical (unpaired) electrons. The number of amides is 2. The van der Waals surface area contributed by atoms with Crippen LogP contribution in [0.2, 0.25) is 0 Å². The van der Waals surface area contributed by atoms with Gasteiger partial charge in [-0.05, 0) is 80.6 Å². The highest BCUT2D eigenvalue weighted by atomic mass is 19.1. The number of H-pyrrole nitrogens is 1. The predicted octanol–water partition coefficient (Wildman–Crippen LogP) is 4.17. The average Bonchev–Trinajstić information content (AvgIpc) is 3.21. The Kier molecular flexibility index (Phi) is 6.59. The van der Waals surface area contributed by atoms with Gasteiger partial charge in [0.05, 0.1) is 11.7 Å². The number of carbonyl (C=O) groups excluding carboxylic acids is 1. The van der Waals surface area contributed by atoms with Crippen molar-refractivity contribution in [3.05, 3.63) is 60.0 Å². The van der Waals surface area contributed by atoms with Gasteiger partial charge in [-0.25, -0.2) is 9.18 Å². The predicted molar refractivity (Wildman–Crippen MR) is 117 cm³/mol. The summed E-state index contributed by atoms with van der Waals surface area (Å²) in [5.41, 5.74) is 2.84. The fourth-order valence-electron chi connectivity index (χ4n) is 4.17. The van der Waals surface area contributed by atoms with E-state index in [4.69, 9.17) is 0 Å². The van der Waals surface area contributed by atoms with E-state index in [0.717, 1.165) is 49.1 Å². The number of carbonyl (C=O) groups is 1. The Morgan fingerprint density at radius 2 is 2.10 bits per heavy atom. The molecular formula is C23H28FN5O. The van der Waals surface area contributed by atoms with Crippen molar-refractivity contribution in [2.45, 2.75) is 25.7 Å². The molecule has 1 aliphatic rings. The summed E-state index contributed by atoms with van der Waals surface area (Å²) in [5, 5.41) is 13.7. The maximum absolute atomic E-state index is 13.1. The van der Waals surface area contributed by atoms with E-state index < -0.39 is 0 Å². The van der Waals surface area contributed by atoms with E-state index in [9.17, 15) is 9.18 Å². The summed E-state index contributed by atoms with van der Waals surface area (Å²) in [6.45, 7) is 3.78. The third-order valence-electron chi connectivity index (χ3n) is 5.68. The second-order valence-corrected chi connectivity index (χ2v) is 8.05. The molecule has 3 aromatic rings. The van der Waals surface area contributed by atoms with Crippen LogP contribution in [0, 0.1) is 11.7 Å². The molecule has 30 heavy (non-hydrogen) atoms. The highest BCUT2D eigenvalue weighted by molar-refractivity contribution is 5.92. The Bertz CT molecular complexity index is 971. The Morgan fingerprint density at radius 3 is 2.97 bits per heavy atom. The summed E-state index contributed by atoms with van der Waals surface area (Å²) in [7, 11) is 0. The van der Waals surface area contributed by atoms with Gasteiger partial charge in [-0.2, -0.15) is 5.10 Å². The molecule has 3 N–H and O–H groups in total. The van der Waals surface area contributed by atoms with Gasteiger partial charge in [0, 0.05) is 24.2 Å². The molecule has 0 spiro atoms. The summed E-state index contributed by atoms with van der Waals surface area (Å²) in [6, 6.07) is 12.3. The van der Waals surface area contributed by atoms with Crippen LogP contribution in [-0.2, 0) is 6.42 Å². The fourth-order valence-corrected chi connectivity index (χ4v) is 4.17. The van der Waals surface area contributed by atoms with Crippen LogP contribution in [0.15, 0.2) is 48.7 Å². The number of halogens is 1. The van der Waals surface area contributed by atoms with E-state index in [1.54, 1.807) is 18.3 Å². The number of hydrogen-bond donors (Lipinski definition) is 3. The Labute approximate surface area is 175 Å². The minimum atomic E-state index is -0.193. The van der Waals surface area contributed by atoms with E-state index in [-0.39, 0.29) is 11.8 Å². The molecule has 0 aliphatic carbocycles. The molecule has 7 heteroatoms. The molecule has 0 unspecified atom stereocenters. The van der Waals surface area contributed by atoms with Crippen molar-refractivity contribution in [3.8, 4) is 0 Å². The summed E-state index contributed by atoms with van der Waals surface area (Å²) in [5.74, 6) is 0.431. The molecule has 4 rings (SSSR count). The number of aromatic nitrogens is 2. The lowest BCUT2D eigenvalue weighted by Crippen LogP contribution is -2.38. The zero-order valence-electron chi connectivity index (χ0n) is 17.0. The van der Waals surface area contributed by atoms with Crippen LogP contribution >= 0.6 is 0 Å². The van der Waals surface area contributed by atoms with Crippen molar-refractivity contribution in [1.29, 1.82) is 0 Å². The van der Waals surface area contributed by atoms with E-state index in [1.807, 2.05) is 30.3 Å². The lowest BCUT2D eigenvalue weighted by Gasteiger charge is -2.32. The highest BCUT2D eigenvalue weighted by Gasteiger charge is 2.19. The maximum Gasteiger partial charge on any atom is 0.319 e. The number of rotatable bonds is 7. The molecule has 158 valence electrons. The van der Waals surface area contributed by atoms with Gasteiger partial charge in [-0.3, -0.25) is 5.10 Å². The zero-order valence-corrected chi connectivity index (χ0v) is 17.0. The number of nitrogens with zero attached hydrogens (tertiary/aromatic N) is 2. The van der Waals surface area contributed by atoms with Crippen molar-refractivity contribution < 1.29 is 9.18 Å². The van der Waals surface area contributed by atoms with E-state index in [0.29, 0.717) is 12.5 Å². The fraction of sp³-hybridized carbons (Fsp3) is 0.391. The molecule has 1 atom stereocenters. The van der Waals surface area contributed by atoms with Crippen LogP contribution < -0.4 is 10.6 Å². The van der Waals surface area contributed by atoms with Gasteiger partial charge in [0.2, 0.25) is 0 Å². The van der Waals surface area contributed by atoms with Crippen molar-refractivity contribution >= 4 is 22.6 Å². The highest BCUT2D eigenvalue weighted by Crippen LogP contribution is 2.21. The molecule has 6 nitrogen and oxygen atoms in total. The monoisotopic (exact) mass is 409 g/mol. The molecule has 1 saturated heterocycles. The van der Waals surface area contributed by atoms with Gasteiger partial charge >= 0.3 is 6.03 Å². The summed E-state index contributed by atoms with van der Waals surface area (Å²) >= 11 is 0. The van der Waals surface area contributed by atoms with E-state index in [1.165, 1.54) is 18.4 Å². The smallest absolute Gasteiger partial charge is 0.319 e. The second kappa shape index (κ2) is 9.71. The lowest BCUT2D eigenvalue weighted by atomic mass is 9.91. The minimum Gasteiger partial charge on any atom is -0.338 e. The van der Waals surface area contributed by atoms with E-state index in [2.05, 4.69) is 25.7 Å². The first-order valence-corrected chi connectivity index (χ1v) is 10.6. The number of fused-ring (bicyclic) bond motifs is 1. The zero-order chi connectivity index (χ0) is 20.8. The van der Waals surface area contributed by atoms with Gasteiger partial charge in [-0.1, -0.05) is 12.1 Å². The summed E-state index contributed by atoms with van der Waals surface area (Å²) < 4.78 is 13.1. The standard InChI is InChI=1S/C23H28FN5O/c24-20-7-4-17(5-8-20)13-18-3-1-11-29(16-18)12-2-10-25-23(30)27-21-9-6-19-15-26-28-22(19)14-21/h4-9,14-15,18H,1-3,10-13,16H2,(H,26,28)(H2,25,27,30)/t18-/m0/s1. The first-order valence-electron chi connectivity index (χ1n) is 10.6. The number of anilines is 1. The number of urea groups is 1. The number of aromatic amines is 1. The van der Waals surface area contributed by atoms with Gasteiger partial charge in [0.1, 0.15) is 5.82 Å². The first-order chi connectivity index (χ1) is 14.7. The Balaban J connectivity index is 1.15. The number of likely N-dealkylation sites (tertiary alicyclic amines) is 1. The Morgan fingerprint density at radius 1 is 1.23 bits per heavy atom. The van der Waals surface area contributed by atoms with Crippen molar-refractivity contribution in [2.75, 3.05) is 31.5 Å². The third kappa shape index (κ3) is 5.57. The molecular weight excluding hydrogens is 381 g/mol. The lowest BCUT2D eigenvalue weighted by molar-refractivity contribution is 0.172.